The summed E-state index contributed by atoms with van der Waals surface area (Å²) in [7, 11) is 4.53. The van der Waals surface area contributed by atoms with Gasteiger partial charge in [-0.2, -0.15) is 0 Å². The maximum Gasteiger partial charge on any atom is 0.306 e. The topological polar surface area (TPSA) is 26.3 Å². The van der Waals surface area contributed by atoms with E-state index in [-0.39, 0.29) is 11.4 Å². The quantitative estimate of drug-likeness (QED) is 0.628. The lowest BCUT2D eigenvalue weighted by atomic mass is 9.64. The van der Waals surface area contributed by atoms with Gasteiger partial charge >= 0.3 is 5.97 Å². The zero-order valence-electron chi connectivity index (χ0n) is 14.8. The van der Waals surface area contributed by atoms with Crippen molar-refractivity contribution >= 4 is 5.97 Å². The van der Waals surface area contributed by atoms with Crippen LogP contribution in [0.25, 0.3) is 0 Å². The molecule has 0 aliphatic carbocycles. The van der Waals surface area contributed by atoms with Gasteiger partial charge in [0.25, 0.3) is 0 Å². The Bertz CT molecular complexity index is 536. The smallest absolute Gasteiger partial charge is 0.306 e. The maximum atomic E-state index is 12.2. The average Bonchev–Trinajstić information content (AvgIpc) is 2.44. The summed E-state index contributed by atoms with van der Waals surface area (Å²) in [6, 6.07) is 10.7. The predicted octanol–water partition coefficient (Wildman–Crippen LogP) is 3.73. The van der Waals surface area contributed by atoms with Crippen LogP contribution in [0.15, 0.2) is 30.3 Å². The lowest BCUT2D eigenvalue weighted by molar-refractivity contribution is -0.928. The number of hydrogen-bond acceptors (Lipinski definition) is 2. The standard InChI is InChI=1S/C19H30NO2/c1-7-17(21)22-19(16-11-9-8-10-12-16)13-15(2)20(5,6)14-18(19,3)4/h8-12,15H,7,13-14H2,1-6H3/q+1. The lowest BCUT2D eigenvalue weighted by Crippen LogP contribution is -2.65. The van der Waals surface area contributed by atoms with Crippen molar-refractivity contribution in [1.82, 2.24) is 0 Å². The predicted molar refractivity (Wildman–Crippen MR) is 89.3 cm³/mol. The molecule has 122 valence electrons. The van der Waals surface area contributed by atoms with Gasteiger partial charge in [0.05, 0.1) is 32.1 Å². The molecule has 0 radical (unpaired) electrons. The van der Waals surface area contributed by atoms with Crippen molar-refractivity contribution < 1.29 is 14.0 Å². The molecule has 0 spiro atoms. The first-order valence-corrected chi connectivity index (χ1v) is 8.25. The molecule has 1 saturated heterocycles. The van der Waals surface area contributed by atoms with E-state index in [1.54, 1.807) is 0 Å². The van der Waals surface area contributed by atoms with Crippen LogP contribution in [0.1, 0.15) is 46.1 Å². The van der Waals surface area contributed by atoms with Gasteiger partial charge in [-0.1, -0.05) is 51.1 Å². The summed E-state index contributed by atoms with van der Waals surface area (Å²) < 4.78 is 7.09. The molecule has 1 aliphatic heterocycles. The Kier molecular flexibility index (Phi) is 4.40. The molecule has 1 aromatic rings. The van der Waals surface area contributed by atoms with E-state index in [1.165, 1.54) is 0 Å². The van der Waals surface area contributed by atoms with E-state index < -0.39 is 5.60 Å². The Morgan fingerprint density at radius 3 is 2.41 bits per heavy atom. The van der Waals surface area contributed by atoms with Gasteiger partial charge in [-0.3, -0.25) is 4.79 Å². The van der Waals surface area contributed by atoms with E-state index in [9.17, 15) is 4.79 Å². The molecular formula is C19H30NO2+. The van der Waals surface area contributed by atoms with E-state index in [0.29, 0.717) is 12.5 Å². The summed E-state index contributed by atoms with van der Waals surface area (Å²) in [5.74, 6) is -0.115. The molecular weight excluding hydrogens is 274 g/mol. The molecule has 22 heavy (non-hydrogen) atoms. The summed E-state index contributed by atoms with van der Waals surface area (Å²) in [6.45, 7) is 9.55. The highest BCUT2D eigenvalue weighted by molar-refractivity contribution is 5.70. The van der Waals surface area contributed by atoms with Crippen LogP contribution in [-0.4, -0.2) is 37.1 Å². The van der Waals surface area contributed by atoms with E-state index in [1.807, 2.05) is 25.1 Å². The largest absolute Gasteiger partial charge is 0.453 e. The molecule has 1 heterocycles. The molecule has 3 nitrogen and oxygen atoms in total. The van der Waals surface area contributed by atoms with Gasteiger partial charge in [-0.15, -0.1) is 0 Å². The number of likely N-dealkylation sites (tertiary alicyclic amines) is 1. The average molecular weight is 304 g/mol. The number of esters is 1. The zero-order chi connectivity index (χ0) is 16.6. The highest BCUT2D eigenvalue weighted by Crippen LogP contribution is 2.52. The molecule has 2 rings (SSSR count). The van der Waals surface area contributed by atoms with Crippen LogP contribution < -0.4 is 0 Å². The van der Waals surface area contributed by atoms with Crippen molar-refractivity contribution in [2.45, 2.75) is 52.2 Å². The van der Waals surface area contributed by atoms with Gasteiger partial charge in [0, 0.05) is 12.8 Å². The summed E-state index contributed by atoms with van der Waals surface area (Å²) >= 11 is 0. The van der Waals surface area contributed by atoms with Crippen LogP contribution in [-0.2, 0) is 15.1 Å². The summed E-state index contributed by atoms with van der Waals surface area (Å²) in [5, 5.41) is 0. The van der Waals surface area contributed by atoms with E-state index in [2.05, 4.69) is 47.0 Å². The van der Waals surface area contributed by atoms with Crippen LogP contribution in [0.2, 0.25) is 0 Å². The van der Waals surface area contributed by atoms with E-state index in [0.717, 1.165) is 23.0 Å². The fraction of sp³-hybridized carbons (Fsp3) is 0.632. The van der Waals surface area contributed by atoms with Crippen molar-refractivity contribution in [2.75, 3.05) is 20.6 Å². The third-order valence-corrected chi connectivity index (χ3v) is 5.49. The van der Waals surface area contributed by atoms with Gasteiger partial charge < -0.3 is 9.22 Å². The monoisotopic (exact) mass is 304 g/mol. The SMILES string of the molecule is CCC(=O)OC1(c2ccccc2)CC(C)[N+](C)(C)CC1(C)C. The van der Waals surface area contributed by atoms with Crippen molar-refractivity contribution in [1.29, 1.82) is 0 Å². The third-order valence-electron chi connectivity index (χ3n) is 5.49. The number of benzene rings is 1. The summed E-state index contributed by atoms with van der Waals surface area (Å²) in [5.41, 5.74) is 0.442. The molecule has 0 amide bonds. The maximum absolute atomic E-state index is 12.2. The van der Waals surface area contributed by atoms with Gasteiger partial charge in [0.15, 0.2) is 5.60 Å². The van der Waals surface area contributed by atoms with Crippen LogP contribution in [0.5, 0.6) is 0 Å². The first-order chi connectivity index (χ1) is 10.1. The fourth-order valence-corrected chi connectivity index (χ4v) is 3.96. The van der Waals surface area contributed by atoms with Gasteiger partial charge in [0.2, 0.25) is 0 Å². The Balaban J connectivity index is 2.55. The molecule has 0 saturated carbocycles. The van der Waals surface area contributed by atoms with Crippen molar-refractivity contribution in [3.05, 3.63) is 35.9 Å². The molecule has 1 fully saturated rings. The Morgan fingerprint density at radius 2 is 1.86 bits per heavy atom. The zero-order valence-corrected chi connectivity index (χ0v) is 14.8. The van der Waals surface area contributed by atoms with E-state index in [4.69, 9.17) is 4.74 Å². The first kappa shape index (κ1) is 17.0. The number of ether oxygens (including phenoxy) is 1. The minimum absolute atomic E-state index is 0.115. The first-order valence-electron chi connectivity index (χ1n) is 8.25. The number of rotatable bonds is 3. The lowest BCUT2D eigenvalue weighted by Gasteiger charge is -2.56. The fourth-order valence-electron chi connectivity index (χ4n) is 3.96. The normalized spacial score (nSPS) is 29.8. The second kappa shape index (κ2) is 5.69. The van der Waals surface area contributed by atoms with E-state index >= 15 is 0 Å². The summed E-state index contributed by atoms with van der Waals surface area (Å²) in [6.07, 6.45) is 1.26. The molecule has 2 unspecified atom stereocenters. The number of hydrogen-bond donors (Lipinski definition) is 0. The summed E-state index contributed by atoms with van der Waals surface area (Å²) in [4.78, 5) is 12.2. The Hall–Kier alpha value is -1.35. The highest BCUT2D eigenvalue weighted by atomic mass is 16.6. The molecule has 0 aromatic heterocycles. The van der Waals surface area contributed by atoms with Crippen LogP contribution in [0.4, 0.5) is 0 Å². The molecule has 0 bridgehead atoms. The molecule has 2 atom stereocenters. The van der Waals surface area contributed by atoms with Gasteiger partial charge in [-0.25, -0.2) is 0 Å². The number of carbonyl (C=O) groups is 1. The third kappa shape index (κ3) is 2.79. The van der Waals surface area contributed by atoms with Crippen LogP contribution in [0, 0.1) is 5.41 Å². The molecule has 0 N–H and O–H groups in total. The van der Waals surface area contributed by atoms with Crippen LogP contribution in [0.3, 0.4) is 0 Å². The Labute approximate surface area is 134 Å². The minimum Gasteiger partial charge on any atom is -0.453 e. The number of nitrogens with zero attached hydrogens (tertiary/aromatic N) is 1. The van der Waals surface area contributed by atoms with Gasteiger partial charge in [0.1, 0.15) is 0 Å². The number of piperidine rings is 1. The van der Waals surface area contributed by atoms with Crippen molar-refractivity contribution in [3.8, 4) is 0 Å². The van der Waals surface area contributed by atoms with Crippen molar-refractivity contribution in [2.24, 2.45) is 5.41 Å². The minimum atomic E-state index is -0.547. The molecule has 3 heteroatoms. The second-order valence-electron chi connectivity index (χ2n) is 7.89. The molecule has 1 aromatic carbocycles. The Morgan fingerprint density at radius 1 is 1.27 bits per heavy atom. The molecule has 1 aliphatic rings. The van der Waals surface area contributed by atoms with Gasteiger partial charge in [-0.05, 0) is 12.5 Å². The van der Waals surface area contributed by atoms with Crippen LogP contribution >= 0.6 is 0 Å². The highest BCUT2D eigenvalue weighted by Gasteiger charge is 2.58. The number of carbonyl (C=O) groups excluding carboxylic acids is 1. The van der Waals surface area contributed by atoms with Crippen molar-refractivity contribution in [3.63, 3.8) is 0 Å². The number of quaternary nitrogens is 1. The second-order valence-corrected chi connectivity index (χ2v) is 7.89.